The van der Waals surface area contributed by atoms with Crippen LogP contribution >= 0.6 is 0 Å². The first-order valence-corrected chi connectivity index (χ1v) is 3.71. The van der Waals surface area contributed by atoms with E-state index in [-0.39, 0.29) is 0 Å². The number of ether oxygens (including phenoxy) is 1. The van der Waals surface area contributed by atoms with Gasteiger partial charge in [0.05, 0.1) is 0 Å². The molecule has 0 heterocycles. The Morgan fingerprint density at radius 3 is 2.11 bits per heavy atom. The Morgan fingerprint density at radius 2 is 1.78 bits per heavy atom. The Bertz CT molecular complexity index is 61.6. The van der Waals surface area contributed by atoms with Gasteiger partial charge in [-0.2, -0.15) is 0 Å². The Labute approximate surface area is 58.4 Å². The lowest BCUT2D eigenvalue weighted by atomic mass is 9.95. The molecule has 9 heavy (non-hydrogen) atoms. The van der Waals surface area contributed by atoms with Crippen molar-refractivity contribution < 1.29 is 4.74 Å². The second-order valence-electron chi connectivity index (χ2n) is 2.82. The van der Waals surface area contributed by atoms with Gasteiger partial charge in [-0.3, -0.25) is 0 Å². The average molecular weight is 130 g/mol. The monoisotopic (exact) mass is 130 g/mol. The summed E-state index contributed by atoms with van der Waals surface area (Å²) in [5, 5.41) is 0. The van der Waals surface area contributed by atoms with Crippen LogP contribution in [0, 0.1) is 11.8 Å². The molecule has 0 N–H and O–H groups in total. The molecule has 0 aliphatic carbocycles. The molecule has 0 aliphatic rings. The first-order valence-electron chi connectivity index (χ1n) is 3.71. The summed E-state index contributed by atoms with van der Waals surface area (Å²) in [6.07, 6.45) is 1.25. The second-order valence-corrected chi connectivity index (χ2v) is 2.82. The molecule has 1 nitrogen and oxygen atoms in total. The quantitative estimate of drug-likeness (QED) is 0.567. The van der Waals surface area contributed by atoms with Crippen molar-refractivity contribution in [2.24, 2.45) is 11.8 Å². The zero-order valence-corrected chi connectivity index (χ0v) is 6.98. The van der Waals surface area contributed by atoms with Crippen molar-refractivity contribution in [3.8, 4) is 0 Å². The van der Waals surface area contributed by atoms with Crippen LogP contribution in [0.4, 0.5) is 0 Å². The van der Waals surface area contributed by atoms with Gasteiger partial charge < -0.3 is 4.74 Å². The Kier molecular flexibility index (Phi) is 4.78. The molecule has 0 rings (SSSR count). The van der Waals surface area contributed by atoms with E-state index in [1.54, 1.807) is 7.11 Å². The van der Waals surface area contributed by atoms with Crippen molar-refractivity contribution >= 4 is 0 Å². The average Bonchev–Trinajstić information content (AvgIpc) is 1.87. The third-order valence-electron chi connectivity index (χ3n) is 2.04. The molecule has 0 radical (unpaired) electrons. The van der Waals surface area contributed by atoms with Gasteiger partial charge in [0, 0.05) is 13.7 Å². The lowest BCUT2D eigenvalue weighted by molar-refractivity contribution is 0.133. The van der Waals surface area contributed by atoms with E-state index in [1.807, 2.05) is 0 Å². The highest BCUT2D eigenvalue weighted by Gasteiger charge is 2.08. The van der Waals surface area contributed by atoms with E-state index in [2.05, 4.69) is 20.8 Å². The zero-order chi connectivity index (χ0) is 7.28. The molecule has 0 spiro atoms. The van der Waals surface area contributed by atoms with E-state index in [0.717, 1.165) is 12.5 Å². The molecule has 0 amide bonds. The summed E-state index contributed by atoms with van der Waals surface area (Å²) < 4.78 is 5.03. The van der Waals surface area contributed by atoms with Gasteiger partial charge in [-0.1, -0.05) is 27.2 Å². The molecule has 1 unspecified atom stereocenters. The van der Waals surface area contributed by atoms with Crippen LogP contribution in [-0.2, 0) is 4.74 Å². The van der Waals surface area contributed by atoms with E-state index in [0.29, 0.717) is 5.92 Å². The fraction of sp³-hybridized carbons (Fsp3) is 1.00. The van der Waals surface area contributed by atoms with Crippen LogP contribution in [0.2, 0.25) is 0 Å². The van der Waals surface area contributed by atoms with Gasteiger partial charge in [0.2, 0.25) is 0 Å². The highest BCUT2D eigenvalue weighted by Crippen LogP contribution is 2.13. The van der Waals surface area contributed by atoms with Gasteiger partial charge in [-0.25, -0.2) is 0 Å². The van der Waals surface area contributed by atoms with Crippen LogP contribution in [0.1, 0.15) is 27.2 Å². The van der Waals surface area contributed by atoms with Gasteiger partial charge in [0.15, 0.2) is 0 Å². The summed E-state index contributed by atoms with van der Waals surface area (Å²) in [6.45, 7) is 7.62. The normalized spacial score (nSPS) is 17.3. The number of methoxy groups -OCH3 is 1. The van der Waals surface area contributed by atoms with Crippen molar-refractivity contribution in [1.29, 1.82) is 0 Å². The maximum absolute atomic E-state index is 5.03. The van der Waals surface area contributed by atoms with Crippen LogP contribution in [0.25, 0.3) is 0 Å². The molecule has 0 saturated carbocycles. The van der Waals surface area contributed by atoms with Gasteiger partial charge in [-0.15, -0.1) is 0 Å². The predicted molar refractivity (Wildman–Crippen MR) is 40.5 cm³/mol. The summed E-state index contributed by atoms with van der Waals surface area (Å²) >= 11 is 0. The molecule has 0 fully saturated rings. The summed E-state index contributed by atoms with van der Waals surface area (Å²) in [7, 11) is 1.76. The number of hydrogen-bond acceptors (Lipinski definition) is 1. The maximum atomic E-state index is 5.03. The molecule has 0 aromatic carbocycles. The smallest absolute Gasteiger partial charge is 0.0490 e. The highest BCUT2D eigenvalue weighted by atomic mass is 16.5. The largest absolute Gasteiger partial charge is 0.384 e. The first kappa shape index (κ1) is 8.96. The fourth-order valence-corrected chi connectivity index (χ4v) is 0.830. The van der Waals surface area contributed by atoms with Crippen LogP contribution < -0.4 is 0 Å². The first-order chi connectivity index (χ1) is 4.22. The zero-order valence-electron chi connectivity index (χ0n) is 6.98. The minimum absolute atomic E-state index is 0.708. The van der Waals surface area contributed by atoms with Crippen molar-refractivity contribution in [2.75, 3.05) is 13.7 Å². The van der Waals surface area contributed by atoms with Gasteiger partial charge >= 0.3 is 0 Å². The number of rotatable bonds is 4. The highest BCUT2D eigenvalue weighted by molar-refractivity contribution is 4.57. The summed E-state index contributed by atoms with van der Waals surface area (Å²) in [5.41, 5.74) is 0. The minimum Gasteiger partial charge on any atom is -0.384 e. The van der Waals surface area contributed by atoms with Crippen molar-refractivity contribution in [1.82, 2.24) is 0 Å². The van der Waals surface area contributed by atoms with E-state index < -0.39 is 0 Å². The SMILES string of the molecule is CCC(C)[C@@H](C)COC. The van der Waals surface area contributed by atoms with E-state index >= 15 is 0 Å². The van der Waals surface area contributed by atoms with E-state index in [4.69, 9.17) is 4.74 Å². The number of hydrogen-bond donors (Lipinski definition) is 0. The third-order valence-corrected chi connectivity index (χ3v) is 2.04. The Morgan fingerprint density at radius 1 is 1.22 bits per heavy atom. The second kappa shape index (κ2) is 4.80. The molecule has 0 bridgehead atoms. The van der Waals surface area contributed by atoms with Gasteiger partial charge in [0.1, 0.15) is 0 Å². The topological polar surface area (TPSA) is 9.23 Å². The van der Waals surface area contributed by atoms with Crippen molar-refractivity contribution in [3.63, 3.8) is 0 Å². The molecular weight excluding hydrogens is 112 g/mol. The Hall–Kier alpha value is -0.0400. The predicted octanol–water partition coefficient (Wildman–Crippen LogP) is 2.32. The van der Waals surface area contributed by atoms with E-state index in [1.165, 1.54) is 6.42 Å². The molecule has 1 heteroatoms. The summed E-state index contributed by atoms with van der Waals surface area (Å²) in [6, 6.07) is 0. The van der Waals surface area contributed by atoms with Crippen LogP contribution in [0.5, 0.6) is 0 Å². The van der Waals surface area contributed by atoms with E-state index in [9.17, 15) is 0 Å². The van der Waals surface area contributed by atoms with Crippen molar-refractivity contribution in [3.05, 3.63) is 0 Å². The minimum atomic E-state index is 0.708. The molecular formula is C8H18O. The molecule has 2 atom stereocenters. The lowest BCUT2D eigenvalue weighted by Gasteiger charge is -2.16. The molecule has 0 saturated heterocycles. The molecule has 56 valence electrons. The summed E-state index contributed by atoms with van der Waals surface area (Å²) in [4.78, 5) is 0. The molecule has 0 aliphatic heterocycles. The third kappa shape index (κ3) is 3.52. The molecule has 0 aromatic rings. The van der Waals surface area contributed by atoms with Crippen LogP contribution in [0.3, 0.4) is 0 Å². The Balaban J connectivity index is 3.32. The van der Waals surface area contributed by atoms with Crippen LogP contribution in [-0.4, -0.2) is 13.7 Å². The lowest BCUT2D eigenvalue weighted by Crippen LogP contribution is -2.12. The maximum Gasteiger partial charge on any atom is 0.0490 e. The van der Waals surface area contributed by atoms with Gasteiger partial charge in [-0.05, 0) is 11.8 Å². The van der Waals surface area contributed by atoms with Gasteiger partial charge in [0.25, 0.3) is 0 Å². The van der Waals surface area contributed by atoms with Crippen LogP contribution in [0.15, 0.2) is 0 Å². The standard InChI is InChI=1S/C8H18O/c1-5-7(2)8(3)6-9-4/h7-8H,5-6H2,1-4H3/t7?,8-/m0/s1. The summed E-state index contributed by atoms with van der Waals surface area (Å²) in [5.74, 6) is 1.50. The van der Waals surface area contributed by atoms with Crippen molar-refractivity contribution in [2.45, 2.75) is 27.2 Å². The fourth-order valence-electron chi connectivity index (χ4n) is 0.830. The molecule has 0 aromatic heterocycles.